The summed E-state index contributed by atoms with van der Waals surface area (Å²) in [5.74, 6) is -2.49. The number of nitrogens with zero attached hydrogens (tertiary/aromatic N) is 3. The number of benzene rings is 1. The first-order valence-corrected chi connectivity index (χ1v) is 12.0. The van der Waals surface area contributed by atoms with Crippen LogP contribution in [0.1, 0.15) is 38.2 Å². The highest BCUT2D eigenvalue weighted by Gasteiger charge is 2.49. The number of rotatable bonds is 7. The van der Waals surface area contributed by atoms with Crippen LogP contribution in [0.2, 0.25) is 0 Å². The molecule has 200 valence electrons. The van der Waals surface area contributed by atoms with E-state index in [2.05, 4.69) is 20.0 Å². The molecule has 1 N–H and O–H groups in total. The zero-order valence-electron chi connectivity index (χ0n) is 19.8. The standard InChI is InChI=1S/C24H25ClF4N4O4/c1-22(15-10-30-14-31-11-15,21(35)32-16-6-8-23(9-7-16)12-36-13-23)33(20(34)19(25)26)17-2-4-18(5-3-17)37-24(27,28)29/h2-5,10-11,14,16,19H,6-9,12-13H2,1H3,(H,32,35)/t19-,22+/m0/s1. The van der Waals surface area contributed by atoms with Crippen molar-refractivity contribution in [1.82, 2.24) is 15.3 Å². The van der Waals surface area contributed by atoms with Crippen molar-refractivity contribution < 1.29 is 36.6 Å². The maximum atomic E-state index is 14.3. The molecule has 0 bridgehead atoms. The van der Waals surface area contributed by atoms with E-state index < -0.39 is 35.1 Å². The normalized spacial score (nSPS) is 19.8. The molecule has 0 radical (unpaired) electrons. The summed E-state index contributed by atoms with van der Waals surface area (Å²) in [5.41, 5.74) is -4.25. The van der Waals surface area contributed by atoms with Crippen LogP contribution in [0.4, 0.5) is 23.2 Å². The number of halogens is 5. The first kappa shape index (κ1) is 27.1. The number of alkyl halides is 5. The highest BCUT2D eigenvalue weighted by Crippen LogP contribution is 2.43. The average Bonchev–Trinajstić information content (AvgIpc) is 2.84. The fourth-order valence-corrected chi connectivity index (χ4v) is 4.89. The number of aromatic nitrogens is 2. The van der Waals surface area contributed by atoms with Gasteiger partial charge in [0.15, 0.2) is 5.54 Å². The lowest BCUT2D eigenvalue weighted by Crippen LogP contribution is -2.60. The Hall–Kier alpha value is -2.99. The summed E-state index contributed by atoms with van der Waals surface area (Å²) < 4.78 is 61.3. The maximum absolute atomic E-state index is 14.3. The van der Waals surface area contributed by atoms with Crippen LogP contribution in [0.25, 0.3) is 0 Å². The van der Waals surface area contributed by atoms with Crippen LogP contribution < -0.4 is 15.0 Å². The van der Waals surface area contributed by atoms with Gasteiger partial charge in [0.1, 0.15) is 12.1 Å². The van der Waals surface area contributed by atoms with Crippen molar-refractivity contribution >= 4 is 29.1 Å². The largest absolute Gasteiger partial charge is 0.573 e. The molecule has 2 aliphatic rings. The molecule has 2 amide bonds. The minimum absolute atomic E-state index is 0.0847. The third-order valence-electron chi connectivity index (χ3n) is 6.95. The zero-order valence-corrected chi connectivity index (χ0v) is 20.6. The second-order valence-electron chi connectivity index (χ2n) is 9.46. The third-order valence-corrected chi connectivity index (χ3v) is 7.13. The van der Waals surface area contributed by atoms with Gasteiger partial charge in [-0.15, -0.1) is 13.2 Å². The molecule has 13 heteroatoms. The Morgan fingerprint density at radius 3 is 2.24 bits per heavy atom. The number of nitrogens with one attached hydrogen (secondary N) is 1. The molecule has 1 aromatic heterocycles. The molecule has 2 fully saturated rings. The Bertz CT molecular complexity index is 1110. The summed E-state index contributed by atoms with van der Waals surface area (Å²) in [4.78, 5) is 35.6. The molecular weight excluding hydrogens is 520 g/mol. The molecule has 8 nitrogen and oxygen atoms in total. The Labute approximate surface area is 215 Å². The molecule has 1 aliphatic carbocycles. The van der Waals surface area contributed by atoms with E-state index in [1.165, 1.54) is 25.6 Å². The molecule has 1 saturated heterocycles. The van der Waals surface area contributed by atoms with Gasteiger partial charge < -0.3 is 14.8 Å². The summed E-state index contributed by atoms with van der Waals surface area (Å²) in [6, 6.07) is 3.90. The number of anilines is 1. The van der Waals surface area contributed by atoms with Gasteiger partial charge in [0.2, 0.25) is 0 Å². The first-order chi connectivity index (χ1) is 17.4. The van der Waals surface area contributed by atoms with Gasteiger partial charge in [-0.3, -0.25) is 14.5 Å². The lowest BCUT2D eigenvalue weighted by atomic mass is 9.71. The fourth-order valence-electron chi connectivity index (χ4n) is 4.79. The molecule has 1 aromatic carbocycles. The summed E-state index contributed by atoms with van der Waals surface area (Å²) in [6.07, 6.45) is 1.99. The highest BCUT2D eigenvalue weighted by molar-refractivity contribution is 6.32. The molecule has 4 rings (SSSR count). The Morgan fingerprint density at radius 2 is 1.76 bits per heavy atom. The molecule has 2 atom stereocenters. The molecule has 1 spiro atoms. The van der Waals surface area contributed by atoms with Gasteiger partial charge in [-0.25, -0.2) is 14.4 Å². The monoisotopic (exact) mass is 544 g/mol. The predicted molar refractivity (Wildman–Crippen MR) is 124 cm³/mol. The van der Waals surface area contributed by atoms with Crippen molar-refractivity contribution in [2.24, 2.45) is 5.41 Å². The average molecular weight is 545 g/mol. The van der Waals surface area contributed by atoms with Gasteiger partial charge in [-0.05, 0) is 56.9 Å². The van der Waals surface area contributed by atoms with Gasteiger partial charge >= 0.3 is 6.36 Å². The van der Waals surface area contributed by atoms with Crippen molar-refractivity contribution in [2.75, 3.05) is 18.1 Å². The molecule has 37 heavy (non-hydrogen) atoms. The number of amides is 2. The topological polar surface area (TPSA) is 93.6 Å². The third kappa shape index (κ3) is 5.80. The van der Waals surface area contributed by atoms with Crippen LogP contribution in [0.3, 0.4) is 0 Å². The molecule has 0 unspecified atom stereocenters. The van der Waals surface area contributed by atoms with Crippen LogP contribution >= 0.6 is 11.6 Å². The number of hydrogen-bond acceptors (Lipinski definition) is 6. The van der Waals surface area contributed by atoms with Crippen LogP contribution in [0.5, 0.6) is 5.75 Å². The smallest absolute Gasteiger partial charge is 0.406 e. The quantitative estimate of drug-likeness (QED) is 0.414. The SMILES string of the molecule is C[C@](C(=O)NC1CCC2(CC1)COC2)(c1cncnc1)N(C(=O)[C@H](F)Cl)c1ccc(OC(F)(F)F)cc1. The second kappa shape index (κ2) is 10.4. The fraction of sp³-hybridized carbons (Fsp3) is 0.500. The van der Waals surface area contributed by atoms with E-state index in [4.69, 9.17) is 16.3 Å². The molecule has 1 aliphatic heterocycles. The van der Waals surface area contributed by atoms with Crippen molar-refractivity contribution in [3.63, 3.8) is 0 Å². The van der Waals surface area contributed by atoms with Crippen molar-refractivity contribution in [1.29, 1.82) is 0 Å². The second-order valence-corrected chi connectivity index (χ2v) is 9.84. The summed E-state index contributed by atoms with van der Waals surface area (Å²) in [5, 5.41) is 2.96. The number of carbonyl (C=O) groups is 2. The molecule has 2 aromatic rings. The van der Waals surface area contributed by atoms with Crippen LogP contribution in [0, 0.1) is 5.41 Å². The molecular formula is C24H25ClF4N4O4. The van der Waals surface area contributed by atoms with E-state index in [0.717, 1.165) is 42.0 Å². The van der Waals surface area contributed by atoms with Gasteiger partial charge in [0.25, 0.3) is 17.4 Å². The van der Waals surface area contributed by atoms with E-state index in [0.29, 0.717) is 26.1 Å². The van der Waals surface area contributed by atoms with Gasteiger partial charge in [0, 0.05) is 35.1 Å². The number of carbonyl (C=O) groups excluding carboxylic acids is 2. The highest BCUT2D eigenvalue weighted by atomic mass is 35.5. The van der Waals surface area contributed by atoms with Crippen LogP contribution in [-0.4, -0.2) is 53.0 Å². The van der Waals surface area contributed by atoms with E-state index in [1.54, 1.807) is 0 Å². The summed E-state index contributed by atoms with van der Waals surface area (Å²) in [7, 11) is 0. The van der Waals surface area contributed by atoms with Gasteiger partial charge in [-0.1, -0.05) is 11.6 Å². The van der Waals surface area contributed by atoms with E-state index in [-0.39, 0.29) is 22.7 Å². The van der Waals surface area contributed by atoms with E-state index >= 15 is 0 Å². The summed E-state index contributed by atoms with van der Waals surface area (Å²) >= 11 is 5.53. The lowest BCUT2D eigenvalue weighted by Gasteiger charge is -2.47. The van der Waals surface area contributed by atoms with E-state index in [1.807, 2.05) is 0 Å². The Balaban J connectivity index is 1.68. The predicted octanol–water partition coefficient (Wildman–Crippen LogP) is 4.23. The van der Waals surface area contributed by atoms with Gasteiger partial charge in [-0.2, -0.15) is 0 Å². The molecule has 1 saturated carbocycles. The van der Waals surface area contributed by atoms with Crippen LogP contribution in [-0.2, 0) is 19.9 Å². The van der Waals surface area contributed by atoms with Crippen molar-refractivity contribution in [3.8, 4) is 5.75 Å². The Morgan fingerprint density at radius 1 is 1.16 bits per heavy atom. The minimum Gasteiger partial charge on any atom is -0.406 e. The van der Waals surface area contributed by atoms with Crippen molar-refractivity contribution in [3.05, 3.63) is 48.5 Å². The van der Waals surface area contributed by atoms with Crippen molar-refractivity contribution in [2.45, 2.75) is 56.2 Å². The minimum atomic E-state index is -4.93. The summed E-state index contributed by atoms with van der Waals surface area (Å²) in [6.45, 7) is 2.76. The first-order valence-electron chi connectivity index (χ1n) is 11.6. The number of hydrogen-bond donors (Lipinski definition) is 1. The molecule has 2 heterocycles. The Kier molecular flexibility index (Phi) is 7.61. The number of ether oxygens (including phenoxy) is 2. The van der Waals surface area contributed by atoms with E-state index in [9.17, 15) is 27.2 Å². The van der Waals surface area contributed by atoms with Gasteiger partial charge in [0.05, 0.1) is 13.2 Å². The zero-order chi connectivity index (χ0) is 26.8. The van der Waals surface area contributed by atoms with Crippen LogP contribution in [0.15, 0.2) is 43.0 Å². The maximum Gasteiger partial charge on any atom is 0.573 e. The lowest BCUT2D eigenvalue weighted by molar-refractivity contribution is -0.274.